The van der Waals surface area contributed by atoms with Crippen molar-refractivity contribution in [3.05, 3.63) is 0 Å². The number of rotatable bonds is 10. The molecule has 0 spiro atoms. The van der Waals surface area contributed by atoms with Crippen LogP contribution in [0.25, 0.3) is 0 Å². The molecule has 0 radical (unpaired) electrons. The van der Waals surface area contributed by atoms with Crippen LogP contribution in [0.1, 0.15) is 47.9 Å². The summed E-state index contributed by atoms with van der Waals surface area (Å²) in [6.07, 6.45) is 3.54. The first-order valence-electron chi connectivity index (χ1n) is 6.67. The van der Waals surface area contributed by atoms with Crippen LogP contribution in [0.4, 0.5) is 0 Å². The maximum absolute atomic E-state index is 10.8. The fourth-order valence-corrected chi connectivity index (χ4v) is 1.05. The molecule has 0 rings (SSSR count). The van der Waals surface area contributed by atoms with Crippen LogP contribution in [0.3, 0.4) is 0 Å². The van der Waals surface area contributed by atoms with Crippen molar-refractivity contribution in [3.8, 4) is 0 Å². The molecule has 1 N–H and O–H groups in total. The van der Waals surface area contributed by atoms with E-state index in [0.29, 0.717) is 19.6 Å². The second-order valence-corrected chi connectivity index (χ2v) is 3.36. The average molecular weight is 249 g/mol. The van der Waals surface area contributed by atoms with Crippen molar-refractivity contribution in [1.82, 2.24) is 5.32 Å². The molecule has 1 amide bonds. The standard InChI is InChI=1S/C11H23NO3.C2H6.H2/c1-3-7-14-8-4-5-9-15-10-6-11(13)12-2;1-2;/h3-10H2,1-2H3,(H,12,13);1-2H3;1H. The Morgan fingerprint density at radius 1 is 1.06 bits per heavy atom. The van der Waals surface area contributed by atoms with E-state index in [1.807, 2.05) is 13.8 Å². The summed E-state index contributed by atoms with van der Waals surface area (Å²) in [7, 11) is 1.63. The van der Waals surface area contributed by atoms with Crippen molar-refractivity contribution in [3.63, 3.8) is 0 Å². The molecule has 0 aromatic rings. The minimum absolute atomic E-state index is 0. The maximum atomic E-state index is 10.8. The third-order valence-corrected chi connectivity index (χ3v) is 1.93. The Labute approximate surface area is 108 Å². The van der Waals surface area contributed by atoms with Gasteiger partial charge >= 0.3 is 0 Å². The van der Waals surface area contributed by atoms with Crippen molar-refractivity contribution in [1.29, 1.82) is 0 Å². The summed E-state index contributed by atoms with van der Waals surface area (Å²) < 4.78 is 10.6. The van der Waals surface area contributed by atoms with E-state index in [1.54, 1.807) is 7.05 Å². The number of ether oxygens (including phenoxy) is 2. The zero-order chi connectivity index (χ0) is 13.4. The molecule has 4 heteroatoms. The van der Waals surface area contributed by atoms with Gasteiger partial charge in [0.25, 0.3) is 0 Å². The van der Waals surface area contributed by atoms with Gasteiger partial charge in [0, 0.05) is 34.7 Å². The van der Waals surface area contributed by atoms with Gasteiger partial charge < -0.3 is 14.8 Å². The lowest BCUT2D eigenvalue weighted by Crippen LogP contribution is -2.19. The third kappa shape index (κ3) is 18.0. The van der Waals surface area contributed by atoms with Crippen molar-refractivity contribution < 1.29 is 15.7 Å². The fourth-order valence-electron chi connectivity index (χ4n) is 1.05. The summed E-state index contributed by atoms with van der Waals surface area (Å²) in [4.78, 5) is 10.8. The smallest absolute Gasteiger partial charge is 0.222 e. The molecule has 0 aliphatic rings. The molecule has 0 saturated carbocycles. The van der Waals surface area contributed by atoms with Gasteiger partial charge in [0.2, 0.25) is 5.91 Å². The molecular weight excluding hydrogens is 218 g/mol. The van der Waals surface area contributed by atoms with Gasteiger partial charge in [0.1, 0.15) is 0 Å². The van der Waals surface area contributed by atoms with Crippen LogP contribution in [0, 0.1) is 0 Å². The lowest BCUT2D eigenvalue weighted by Gasteiger charge is -2.04. The molecule has 17 heavy (non-hydrogen) atoms. The summed E-state index contributed by atoms with van der Waals surface area (Å²) >= 11 is 0. The second kappa shape index (κ2) is 17.8. The summed E-state index contributed by atoms with van der Waals surface area (Å²) in [5, 5.41) is 2.55. The Kier molecular flexibility index (Phi) is 19.6. The predicted molar refractivity (Wildman–Crippen MR) is 73.3 cm³/mol. The molecule has 0 aliphatic heterocycles. The van der Waals surface area contributed by atoms with E-state index in [-0.39, 0.29) is 7.33 Å². The van der Waals surface area contributed by atoms with Crippen LogP contribution in [0.5, 0.6) is 0 Å². The topological polar surface area (TPSA) is 47.6 Å². The Balaban J connectivity index is -0.000000709. The van der Waals surface area contributed by atoms with E-state index in [4.69, 9.17) is 9.47 Å². The molecule has 106 valence electrons. The highest BCUT2D eigenvalue weighted by Gasteiger charge is 1.96. The quantitative estimate of drug-likeness (QED) is 0.605. The highest BCUT2D eigenvalue weighted by molar-refractivity contribution is 5.75. The molecule has 4 nitrogen and oxygen atoms in total. The summed E-state index contributed by atoms with van der Waals surface area (Å²) in [6.45, 7) is 8.98. The molecule has 0 fully saturated rings. The average Bonchev–Trinajstić information content (AvgIpc) is 2.39. The van der Waals surface area contributed by atoms with E-state index in [9.17, 15) is 4.79 Å². The molecular formula is C13H31NO3. The number of carbonyl (C=O) groups is 1. The first kappa shape index (κ1) is 18.7. The maximum Gasteiger partial charge on any atom is 0.222 e. The van der Waals surface area contributed by atoms with E-state index in [0.717, 1.165) is 32.5 Å². The molecule has 0 aromatic heterocycles. The molecule has 0 atom stereocenters. The van der Waals surface area contributed by atoms with Crippen LogP contribution < -0.4 is 5.32 Å². The minimum Gasteiger partial charge on any atom is -0.381 e. The summed E-state index contributed by atoms with van der Waals surface area (Å²) in [6, 6.07) is 0. The number of amides is 1. The number of unbranched alkanes of at least 4 members (excludes halogenated alkanes) is 1. The van der Waals surface area contributed by atoms with Crippen molar-refractivity contribution in [2.75, 3.05) is 33.5 Å². The van der Waals surface area contributed by atoms with Gasteiger partial charge in [-0.2, -0.15) is 0 Å². The Morgan fingerprint density at radius 2 is 1.59 bits per heavy atom. The number of nitrogens with one attached hydrogen (secondary N) is 1. The minimum atomic E-state index is 0. The van der Waals surface area contributed by atoms with E-state index in [1.165, 1.54) is 0 Å². The van der Waals surface area contributed by atoms with Gasteiger partial charge in [-0.05, 0) is 19.3 Å². The SMILES string of the molecule is CC.CCCOCCCCOCCC(=O)NC.[HH]. The van der Waals surface area contributed by atoms with Crippen LogP contribution in [0.15, 0.2) is 0 Å². The van der Waals surface area contributed by atoms with Gasteiger partial charge in [-0.25, -0.2) is 0 Å². The fraction of sp³-hybridized carbons (Fsp3) is 0.923. The molecule has 0 unspecified atom stereocenters. The highest BCUT2D eigenvalue weighted by atomic mass is 16.5. The van der Waals surface area contributed by atoms with Crippen molar-refractivity contribution in [2.45, 2.75) is 46.5 Å². The zero-order valence-electron chi connectivity index (χ0n) is 11.9. The monoisotopic (exact) mass is 249 g/mol. The second-order valence-electron chi connectivity index (χ2n) is 3.36. The van der Waals surface area contributed by atoms with Gasteiger partial charge in [-0.15, -0.1) is 0 Å². The van der Waals surface area contributed by atoms with Crippen LogP contribution in [-0.4, -0.2) is 39.4 Å². The summed E-state index contributed by atoms with van der Waals surface area (Å²) in [5.74, 6) is 0.0290. The van der Waals surface area contributed by atoms with Crippen molar-refractivity contribution in [2.24, 2.45) is 0 Å². The van der Waals surface area contributed by atoms with Gasteiger partial charge in [0.05, 0.1) is 6.61 Å². The van der Waals surface area contributed by atoms with E-state index >= 15 is 0 Å². The van der Waals surface area contributed by atoms with Crippen LogP contribution >= 0.6 is 0 Å². The highest BCUT2D eigenvalue weighted by Crippen LogP contribution is 1.93. The first-order chi connectivity index (χ1) is 8.31. The lowest BCUT2D eigenvalue weighted by atomic mass is 10.3. The zero-order valence-corrected chi connectivity index (χ0v) is 11.9. The third-order valence-electron chi connectivity index (χ3n) is 1.93. The number of hydrogen-bond donors (Lipinski definition) is 1. The van der Waals surface area contributed by atoms with Gasteiger partial charge in [0.15, 0.2) is 0 Å². The summed E-state index contributed by atoms with van der Waals surface area (Å²) in [5.41, 5.74) is 0. The molecule has 0 aromatic carbocycles. The Hall–Kier alpha value is -0.610. The molecule has 0 saturated heterocycles. The number of hydrogen-bond acceptors (Lipinski definition) is 3. The Bertz CT molecular complexity index is 157. The first-order valence-corrected chi connectivity index (χ1v) is 6.67. The predicted octanol–water partition coefficient (Wildman–Crippen LogP) is 2.62. The normalized spacial score (nSPS) is 9.41. The lowest BCUT2D eigenvalue weighted by molar-refractivity contribution is -0.121. The van der Waals surface area contributed by atoms with Crippen LogP contribution in [0.2, 0.25) is 0 Å². The molecule has 0 heterocycles. The van der Waals surface area contributed by atoms with Crippen LogP contribution in [-0.2, 0) is 14.3 Å². The van der Waals surface area contributed by atoms with Gasteiger partial charge in [-0.1, -0.05) is 20.8 Å². The van der Waals surface area contributed by atoms with E-state index < -0.39 is 0 Å². The van der Waals surface area contributed by atoms with Gasteiger partial charge in [-0.3, -0.25) is 4.79 Å². The molecule has 0 bridgehead atoms. The number of carbonyl (C=O) groups excluding carboxylic acids is 1. The Morgan fingerprint density at radius 3 is 2.06 bits per heavy atom. The van der Waals surface area contributed by atoms with Crippen molar-refractivity contribution >= 4 is 5.91 Å². The largest absolute Gasteiger partial charge is 0.381 e. The van der Waals surface area contributed by atoms with E-state index in [2.05, 4.69) is 12.2 Å². The molecule has 0 aliphatic carbocycles.